The van der Waals surface area contributed by atoms with Crippen LogP contribution in [-0.2, 0) is 4.79 Å². The number of benzene rings is 1. The predicted molar refractivity (Wildman–Crippen MR) is 56.9 cm³/mol. The zero-order chi connectivity index (χ0) is 11.4. The summed E-state index contributed by atoms with van der Waals surface area (Å²) in [5.41, 5.74) is 0.184. The van der Waals surface area contributed by atoms with Crippen LogP contribution in [0.15, 0.2) is 30.9 Å². The van der Waals surface area contributed by atoms with E-state index in [2.05, 4.69) is 11.9 Å². The number of nitro benzene ring substituents is 1. The van der Waals surface area contributed by atoms with Crippen LogP contribution in [0.4, 0.5) is 11.4 Å². The molecule has 15 heavy (non-hydrogen) atoms. The van der Waals surface area contributed by atoms with Crippen molar-refractivity contribution in [2.75, 3.05) is 5.32 Å². The summed E-state index contributed by atoms with van der Waals surface area (Å²) < 4.78 is 0. The number of rotatable bonds is 3. The molecule has 5 nitrogen and oxygen atoms in total. The molecule has 0 aliphatic heterocycles. The van der Waals surface area contributed by atoms with Gasteiger partial charge >= 0.3 is 0 Å². The third-order valence-corrected chi connectivity index (χ3v) is 1.92. The van der Waals surface area contributed by atoms with Crippen molar-refractivity contribution in [1.82, 2.24) is 0 Å². The highest BCUT2D eigenvalue weighted by Crippen LogP contribution is 2.26. The molecule has 0 aromatic heterocycles. The van der Waals surface area contributed by atoms with Gasteiger partial charge in [0.15, 0.2) is 0 Å². The molecule has 1 aromatic rings. The fourth-order valence-electron chi connectivity index (χ4n) is 0.903. The fraction of sp³-hybridized carbons (Fsp3) is 0. The summed E-state index contributed by atoms with van der Waals surface area (Å²) in [4.78, 5) is 20.8. The number of nitrogens with zero attached hydrogens (tertiary/aromatic N) is 1. The molecule has 0 unspecified atom stereocenters. The molecule has 78 valence electrons. The highest BCUT2D eigenvalue weighted by atomic mass is 35.5. The first-order valence-corrected chi connectivity index (χ1v) is 4.29. The van der Waals surface area contributed by atoms with Gasteiger partial charge in [-0.05, 0) is 12.1 Å². The van der Waals surface area contributed by atoms with Crippen LogP contribution in [0.2, 0.25) is 5.02 Å². The van der Waals surface area contributed by atoms with Crippen LogP contribution in [-0.4, -0.2) is 10.8 Å². The Morgan fingerprint density at radius 3 is 2.73 bits per heavy atom. The second-order valence-electron chi connectivity index (χ2n) is 2.61. The molecule has 0 saturated carbocycles. The van der Waals surface area contributed by atoms with Gasteiger partial charge in [-0.25, -0.2) is 0 Å². The summed E-state index contributed by atoms with van der Waals surface area (Å²) in [5.74, 6) is -0.425. The minimum Gasteiger partial charge on any atom is -0.321 e. The van der Waals surface area contributed by atoms with E-state index in [9.17, 15) is 14.9 Å². The van der Waals surface area contributed by atoms with E-state index in [4.69, 9.17) is 11.6 Å². The second-order valence-corrected chi connectivity index (χ2v) is 3.02. The summed E-state index contributed by atoms with van der Waals surface area (Å²) in [7, 11) is 0. The van der Waals surface area contributed by atoms with Crippen molar-refractivity contribution in [2.24, 2.45) is 0 Å². The van der Waals surface area contributed by atoms with Crippen LogP contribution in [0.5, 0.6) is 0 Å². The maximum atomic E-state index is 10.9. The number of hydrogen-bond donors (Lipinski definition) is 1. The molecule has 0 saturated heterocycles. The summed E-state index contributed by atoms with van der Waals surface area (Å²) in [6.07, 6.45) is 1.08. The van der Waals surface area contributed by atoms with Gasteiger partial charge in [-0.2, -0.15) is 0 Å². The second kappa shape index (κ2) is 4.56. The lowest BCUT2D eigenvalue weighted by Crippen LogP contribution is -2.07. The van der Waals surface area contributed by atoms with Crippen LogP contribution in [0, 0.1) is 10.1 Å². The molecule has 1 rings (SSSR count). The summed E-state index contributed by atoms with van der Waals surface area (Å²) in [6.45, 7) is 3.27. The molecule has 0 aliphatic rings. The Morgan fingerprint density at radius 2 is 2.27 bits per heavy atom. The Balaban J connectivity index is 2.98. The lowest BCUT2D eigenvalue weighted by Gasteiger charge is -2.03. The molecule has 6 heteroatoms. The van der Waals surface area contributed by atoms with E-state index < -0.39 is 10.8 Å². The summed E-state index contributed by atoms with van der Waals surface area (Å²) in [6, 6.07) is 3.78. The molecule has 0 bridgehead atoms. The van der Waals surface area contributed by atoms with Crippen molar-refractivity contribution < 1.29 is 9.72 Å². The molecule has 1 aromatic carbocycles. The zero-order valence-corrected chi connectivity index (χ0v) is 8.32. The van der Waals surface area contributed by atoms with E-state index in [0.29, 0.717) is 5.69 Å². The monoisotopic (exact) mass is 226 g/mol. The van der Waals surface area contributed by atoms with Crippen molar-refractivity contribution in [1.29, 1.82) is 0 Å². The fourth-order valence-corrected chi connectivity index (χ4v) is 1.12. The first-order valence-electron chi connectivity index (χ1n) is 3.92. The van der Waals surface area contributed by atoms with Gasteiger partial charge in [0, 0.05) is 12.1 Å². The van der Waals surface area contributed by atoms with Crippen LogP contribution in [0.25, 0.3) is 0 Å². The quantitative estimate of drug-likeness (QED) is 0.489. The molecule has 0 atom stereocenters. The number of nitrogens with one attached hydrogen (secondary N) is 1. The average molecular weight is 227 g/mol. The van der Waals surface area contributed by atoms with E-state index in [-0.39, 0.29) is 10.7 Å². The lowest BCUT2D eigenvalue weighted by molar-refractivity contribution is -0.384. The lowest BCUT2D eigenvalue weighted by atomic mass is 10.3. The molecular formula is C9H7ClN2O3. The minimum atomic E-state index is -0.565. The SMILES string of the molecule is C=CC(=O)Nc1ccc([N+](=O)[O-])cc1Cl. The van der Waals surface area contributed by atoms with Crippen molar-refractivity contribution in [3.05, 3.63) is 46.0 Å². The van der Waals surface area contributed by atoms with E-state index in [0.717, 1.165) is 6.08 Å². The number of nitro groups is 1. The third kappa shape index (κ3) is 2.78. The Hall–Kier alpha value is -1.88. The highest BCUT2D eigenvalue weighted by molar-refractivity contribution is 6.34. The van der Waals surface area contributed by atoms with Crippen LogP contribution in [0.1, 0.15) is 0 Å². The van der Waals surface area contributed by atoms with Gasteiger partial charge in [-0.15, -0.1) is 0 Å². The van der Waals surface area contributed by atoms with Gasteiger partial charge in [0.1, 0.15) is 0 Å². The number of anilines is 1. The van der Waals surface area contributed by atoms with E-state index in [1.165, 1.54) is 18.2 Å². The largest absolute Gasteiger partial charge is 0.321 e. The molecule has 0 spiro atoms. The average Bonchev–Trinajstić information content (AvgIpc) is 2.20. The van der Waals surface area contributed by atoms with Crippen LogP contribution < -0.4 is 5.32 Å². The van der Waals surface area contributed by atoms with E-state index in [1.54, 1.807) is 0 Å². The topological polar surface area (TPSA) is 72.2 Å². The standard InChI is InChI=1S/C9H7ClN2O3/c1-2-9(13)11-8-4-3-6(12(14)15)5-7(8)10/h2-5H,1H2,(H,11,13). The molecule has 1 amide bonds. The van der Waals surface area contributed by atoms with E-state index >= 15 is 0 Å². The first-order chi connectivity index (χ1) is 7.04. The zero-order valence-electron chi connectivity index (χ0n) is 7.57. The molecule has 0 heterocycles. The number of non-ortho nitro benzene ring substituents is 1. The predicted octanol–water partition coefficient (Wildman–Crippen LogP) is 2.37. The van der Waals surface area contributed by atoms with Gasteiger partial charge in [0.25, 0.3) is 5.69 Å². The number of carbonyl (C=O) groups is 1. The molecule has 1 N–H and O–H groups in total. The smallest absolute Gasteiger partial charge is 0.271 e. The number of carbonyl (C=O) groups excluding carboxylic acids is 1. The third-order valence-electron chi connectivity index (χ3n) is 1.61. The first kappa shape index (κ1) is 11.2. The maximum Gasteiger partial charge on any atom is 0.271 e. The Kier molecular flexibility index (Phi) is 3.41. The van der Waals surface area contributed by atoms with Gasteiger partial charge < -0.3 is 5.32 Å². The van der Waals surface area contributed by atoms with Crippen molar-refractivity contribution in [2.45, 2.75) is 0 Å². The number of halogens is 1. The van der Waals surface area contributed by atoms with Gasteiger partial charge in [0.2, 0.25) is 5.91 Å². The van der Waals surface area contributed by atoms with Gasteiger partial charge in [-0.1, -0.05) is 18.2 Å². The summed E-state index contributed by atoms with van der Waals surface area (Å²) >= 11 is 5.72. The van der Waals surface area contributed by atoms with E-state index in [1.807, 2.05) is 0 Å². The van der Waals surface area contributed by atoms with Crippen molar-refractivity contribution in [3.8, 4) is 0 Å². The van der Waals surface area contributed by atoms with Gasteiger partial charge in [0.05, 0.1) is 15.6 Å². The Bertz CT molecular complexity index is 431. The summed E-state index contributed by atoms with van der Waals surface area (Å²) in [5, 5.41) is 12.9. The highest BCUT2D eigenvalue weighted by Gasteiger charge is 2.09. The molecule has 0 fully saturated rings. The van der Waals surface area contributed by atoms with Gasteiger partial charge in [-0.3, -0.25) is 14.9 Å². The maximum absolute atomic E-state index is 10.9. The minimum absolute atomic E-state index is 0.111. The van der Waals surface area contributed by atoms with Crippen LogP contribution >= 0.6 is 11.6 Å². The number of amides is 1. The molecule has 0 radical (unpaired) electrons. The Morgan fingerprint density at radius 1 is 1.60 bits per heavy atom. The van der Waals surface area contributed by atoms with Crippen LogP contribution in [0.3, 0.4) is 0 Å². The van der Waals surface area contributed by atoms with Crippen molar-refractivity contribution >= 4 is 28.9 Å². The number of hydrogen-bond acceptors (Lipinski definition) is 3. The Labute approximate surface area is 90.5 Å². The van der Waals surface area contributed by atoms with Crippen molar-refractivity contribution in [3.63, 3.8) is 0 Å². The normalized spacial score (nSPS) is 9.40. The molecular weight excluding hydrogens is 220 g/mol. The molecule has 0 aliphatic carbocycles.